The summed E-state index contributed by atoms with van der Waals surface area (Å²) >= 11 is 5.79. The molecule has 0 aliphatic carbocycles. The van der Waals surface area contributed by atoms with Crippen molar-refractivity contribution in [2.24, 2.45) is 0 Å². The zero-order valence-corrected chi connectivity index (χ0v) is 11.0. The standard InChI is InChI=1S/C12H18BClO2/c1-11(2,15)12(3,4)16-13-9-5-7-10(14)8-6-9/h5-8,13,15H,1-4H3. The molecular weight excluding hydrogens is 222 g/mol. The predicted molar refractivity (Wildman–Crippen MR) is 69.7 cm³/mol. The van der Waals surface area contributed by atoms with Crippen LogP contribution in [0.3, 0.4) is 0 Å². The first-order chi connectivity index (χ1) is 7.22. The maximum atomic E-state index is 9.92. The minimum Gasteiger partial charge on any atom is -0.427 e. The minimum absolute atomic E-state index is 0.466. The molecule has 4 heteroatoms. The topological polar surface area (TPSA) is 29.5 Å². The normalized spacial score (nSPS) is 12.6. The zero-order chi connectivity index (χ0) is 12.4. The molecule has 0 fully saturated rings. The van der Waals surface area contributed by atoms with Gasteiger partial charge in [-0.25, -0.2) is 0 Å². The van der Waals surface area contributed by atoms with Gasteiger partial charge in [-0.1, -0.05) is 29.2 Å². The molecule has 0 aliphatic heterocycles. The summed E-state index contributed by atoms with van der Waals surface area (Å²) in [6, 6.07) is 7.50. The fraction of sp³-hybridized carbons (Fsp3) is 0.500. The van der Waals surface area contributed by atoms with Gasteiger partial charge >= 0.3 is 7.48 Å². The Labute approximate surface area is 103 Å². The van der Waals surface area contributed by atoms with Crippen LogP contribution in [0.1, 0.15) is 27.7 Å². The van der Waals surface area contributed by atoms with Gasteiger partial charge in [-0.15, -0.1) is 0 Å². The number of hydrogen-bond donors (Lipinski definition) is 1. The fourth-order valence-corrected chi connectivity index (χ4v) is 1.15. The van der Waals surface area contributed by atoms with Gasteiger partial charge in [-0.05, 0) is 39.8 Å². The van der Waals surface area contributed by atoms with Crippen molar-refractivity contribution in [2.45, 2.75) is 38.9 Å². The maximum absolute atomic E-state index is 9.92. The van der Waals surface area contributed by atoms with Crippen molar-refractivity contribution in [1.29, 1.82) is 0 Å². The molecule has 0 atom stereocenters. The molecule has 0 bridgehead atoms. The van der Waals surface area contributed by atoms with Crippen LogP contribution in [0.5, 0.6) is 0 Å². The molecule has 88 valence electrons. The van der Waals surface area contributed by atoms with E-state index >= 15 is 0 Å². The van der Waals surface area contributed by atoms with Crippen molar-refractivity contribution >= 4 is 24.5 Å². The molecule has 16 heavy (non-hydrogen) atoms. The summed E-state index contributed by atoms with van der Waals surface area (Å²) in [7, 11) is 0.466. The number of aliphatic hydroxyl groups is 1. The quantitative estimate of drug-likeness (QED) is 0.815. The van der Waals surface area contributed by atoms with Gasteiger partial charge in [0, 0.05) is 5.02 Å². The van der Waals surface area contributed by atoms with Crippen LogP contribution in [-0.2, 0) is 4.65 Å². The molecule has 1 aromatic rings. The highest BCUT2D eigenvalue weighted by Gasteiger charge is 2.35. The highest BCUT2D eigenvalue weighted by molar-refractivity contribution is 6.47. The van der Waals surface area contributed by atoms with Gasteiger partial charge in [0.25, 0.3) is 0 Å². The SMILES string of the molecule is CC(C)(O)C(C)(C)OBc1ccc(Cl)cc1. The summed E-state index contributed by atoms with van der Waals surface area (Å²) < 4.78 is 5.73. The Bertz CT molecular complexity index is 341. The Balaban J connectivity index is 2.61. The summed E-state index contributed by atoms with van der Waals surface area (Å²) in [6.45, 7) is 7.25. The second kappa shape index (κ2) is 4.78. The van der Waals surface area contributed by atoms with Gasteiger partial charge in [0.05, 0.1) is 11.2 Å². The molecule has 0 radical (unpaired) electrons. The molecule has 0 unspecified atom stereocenters. The molecule has 0 saturated carbocycles. The van der Waals surface area contributed by atoms with Crippen molar-refractivity contribution in [3.8, 4) is 0 Å². The third kappa shape index (κ3) is 3.51. The van der Waals surface area contributed by atoms with Gasteiger partial charge in [0.1, 0.15) is 0 Å². The Morgan fingerprint density at radius 2 is 1.62 bits per heavy atom. The Morgan fingerprint density at radius 1 is 1.12 bits per heavy atom. The molecular formula is C12H18BClO2. The zero-order valence-electron chi connectivity index (χ0n) is 10.2. The number of halogens is 1. The summed E-state index contributed by atoms with van der Waals surface area (Å²) in [5, 5.41) is 10.6. The van der Waals surface area contributed by atoms with E-state index < -0.39 is 11.2 Å². The van der Waals surface area contributed by atoms with Crippen LogP contribution in [0.15, 0.2) is 24.3 Å². The lowest BCUT2D eigenvalue weighted by atomic mass is 9.83. The molecule has 0 heterocycles. The molecule has 0 aliphatic rings. The minimum atomic E-state index is -0.876. The van der Waals surface area contributed by atoms with Crippen LogP contribution >= 0.6 is 11.6 Å². The molecule has 0 amide bonds. The van der Waals surface area contributed by atoms with Gasteiger partial charge < -0.3 is 9.76 Å². The van der Waals surface area contributed by atoms with Crippen molar-refractivity contribution in [3.63, 3.8) is 0 Å². The molecule has 1 N–H and O–H groups in total. The van der Waals surface area contributed by atoms with Crippen LogP contribution < -0.4 is 5.46 Å². The number of benzene rings is 1. The first-order valence-corrected chi connectivity index (χ1v) is 5.71. The van der Waals surface area contributed by atoms with E-state index in [-0.39, 0.29) is 0 Å². The molecule has 2 nitrogen and oxygen atoms in total. The first kappa shape index (κ1) is 13.6. The second-order valence-electron chi connectivity index (χ2n) is 4.98. The molecule has 0 aromatic heterocycles. The maximum Gasteiger partial charge on any atom is 0.309 e. The van der Waals surface area contributed by atoms with E-state index in [1.54, 1.807) is 13.8 Å². The molecule has 0 saturated heterocycles. The second-order valence-corrected chi connectivity index (χ2v) is 5.42. The summed E-state index contributed by atoms with van der Waals surface area (Å²) in [5.41, 5.74) is -0.423. The van der Waals surface area contributed by atoms with E-state index in [1.807, 2.05) is 38.1 Å². The fourth-order valence-electron chi connectivity index (χ4n) is 1.02. The van der Waals surface area contributed by atoms with Crippen molar-refractivity contribution < 1.29 is 9.76 Å². The van der Waals surface area contributed by atoms with Gasteiger partial charge in [0.2, 0.25) is 0 Å². The van der Waals surface area contributed by atoms with E-state index in [1.165, 1.54) is 0 Å². The average Bonchev–Trinajstić information content (AvgIpc) is 2.15. The number of hydrogen-bond acceptors (Lipinski definition) is 2. The van der Waals surface area contributed by atoms with E-state index in [0.717, 1.165) is 5.46 Å². The van der Waals surface area contributed by atoms with Crippen molar-refractivity contribution in [1.82, 2.24) is 0 Å². The van der Waals surface area contributed by atoms with E-state index in [0.29, 0.717) is 12.5 Å². The van der Waals surface area contributed by atoms with Crippen LogP contribution in [0.2, 0.25) is 5.02 Å². The van der Waals surface area contributed by atoms with Crippen molar-refractivity contribution in [3.05, 3.63) is 29.3 Å². The Kier molecular flexibility index (Phi) is 4.05. The monoisotopic (exact) mass is 240 g/mol. The Hall–Kier alpha value is -0.505. The smallest absolute Gasteiger partial charge is 0.309 e. The van der Waals surface area contributed by atoms with Gasteiger partial charge in [-0.2, -0.15) is 0 Å². The van der Waals surface area contributed by atoms with Crippen LogP contribution in [0, 0.1) is 0 Å². The van der Waals surface area contributed by atoms with E-state index in [4.69, 9.17) is 16.3 Å². The van der Waals surface area contributed by atoms with Gasteiger partial charge in [-0.3, -0.25) is 0 Å². The number of rotatable bonds is 4. The van der Waals surface area contributed by atoms with Crippen molar-refractivity contribution in [2.75, 3.05) is 0 Å². The summed E-state index contributed by atoms with van der Waals surface area (Å²) in [5.74, 6) is 0. The highest BCUT2D eigenvalue weighted by atomic mass is 35.5. The largest absolute Gasteiger partial charge is 0.427 e. The van der Waals surface area contributed by atoms with E-state index in [2.05, 4.69) is 0 Å². The average molecular weight is 241 g/mol. The lowest BCUT2D eigenvalue weighted by Gasteiger charge is -2.37. The van der Waals surface area contributed by atoms with Crippen LogP contribution in [0.4, 0.5) is 0 Å². The summed E-state index contributed by atoms with van der Waals surface area (Å²) in [4.78, 5) is 0. The highest BCUT2D eigenvalue weighted by Crippen LogP contribution is 2.24. The lowest BCUT2D eigenvalue weighted by molar-refractivity contribution is -0.0893. The van der Waals surface area contributed by atoms with E-state index in [9.17, 15) is 5.11 Å². The molecule has 1 aromatic carbocycles. The van der Waals surface area contributed by atoms with Crippen LogP contribution in [0.25, 0.3) is 0 Å². The molecule has 0 spiro atoms. The molecule has 1 rings (SSSR count). The Morgan fingerprint density at radius 3 is 2.06 bits per heavy atom. The van der Waals surface area contributed by atoms with Crippen LogP contribution in [-0.4, -0.2) is 23.8 Å². The predicted octanol–water partition coefficient (Wildman–Crippen LogP) is 1.88. The third-order valence-electron chi connectivity index (χ3n) is 2.99. The third-order valence-corrected chi connectivity index (χ3v) is 3.24. The first-order valence-electron chi connectivity index (χ1n) is 5.33. The summed E-state index contributed by atoms with van der Waals surface area (Å²) in [6.07, 6.45) is 0. The lowest BCUT2D eigenvalue weighted by Crippen LogP contribution is -2.49. The van der Waals surface area contributed by atoms with Gasteiger partial charge in [0.15, 0.2) is 0 Å².